The van der Waals surface area contributed by atoms with E-state index >= 15 is 0 Å². The predicted octanol–water partition coefficient (Wildman–Crippen LogP) is 4.58. The van der Waals surface area contributed by atoms with Crippen LogP contribution < -0.4 is 10.2 Å². The molecular weight excluding hydrogens is 264 g/mol. The Hall–Kier alpha value is -1.48. The number of nitrogens with zero attached hydrogens (tertiary/aromatic N) is 1. The fourth-order valence-electron chi connectivity index (χ4n) is 2.82. The van der Waals surface area contributed by atoms with Gasteiger partial charge in [-0.15, -0.1) is 11.3 Å². The molecule has 1 aromatic carbocycles. The molecule has 3 heteroatoms. The summed E-state index contributed by atoms with van der Waals surface area (Å²) >= 11 is 1.88. The Labute approximate surface area is 125 Å². The van der Waals surface area contributed by atoms with Crippen molar-refractivity contribution < 1.29 is 0 Å². The third-order valence-corrected chi connectivity index (χ3v) is 4.97. The molecule has 1 aromatic heterocycles. The lowest BCUT2D eigenvalue weighted by Gasteiger charge is -2.18. The van der Waals surface area contributed by atoms with Crippen molar-refractivity contribution in [2.75, 3.05) is 23.3 Å². The summed E-state index contributed by atoms with van der Waals surface area (Å²) < 4.78 is 0. The van der Waals surface area contributed by atoms with Crippen molar-refractivity contribution in [3.05, 3.63) is 45.6 Å². The van der Waals surface area contributed by atoms with E-state index in [0.29, 0.717) is 0 Å². The number of benzene rings is 1. The zero-order valence-corrected chi connectivity index (χ0v) is 13.1. The lowest BCUT2D eigenvalue weighted by atomic mass is 10.2. The van der Waals surface area contributed by atoms with E-state index in [4.69, 9.17) is 0 Å². The Morgan fingerprint density at radius 2 is 1.80 bits per heavy atom. The van der Waals surface area contributed by atoms with Crippen molar-refractivity contribution in [1.82, 2.24) is 0 Å². The predicted molar refractivity (Wildman–Crippen MR) is 89.0 cm³/mol. The van der Waals surface area contributed by atoms with E-state index in [-0.39, 0.29) is 0 Å². The lowest BCUT2D eigenvalue weighted by Crippen LogP contribution is -2.17. The number of hydrogen-bond acceptors (Lipinski definition) is 3. The van der Waals surface area contributed by atoms with Gasteiger partial charge < -0.3 is 10.2 Å². The van der Waals surface area contributed by atoms with Gasteiger partial charge in [-0.1, -0.05) is 0 Å². The first-order valence-electron chi connectivity index (χ1n) is 7.37. The van der Waals surface area contributed by atoms with Crippen LogP contribution in [-0.4, -0.2) is 13.1 Å². The van der Waals surface area contributed by atoms with Gasteiger partial charge in [0.15, 0.2) is 0 Å². The number of rotatable bonds is 4. The number of anilines is 2. The van der Waals surface area contributed by atoms with Gasteiger partial charge in [0.2, 0.25) is 0 Å². The topological polar surface area (TPSA) is 15.3 Å². The summed E-state index contributed by atoms with van der Waals surface area (Å²) in [5.41, 5.74) is 3.97. The highest BCUT2D eigenvalue weighted by atomic mass is 32.1. The summed E-state index contributed by atoms with van der Waals surface area (Å²) in [6.45, 7) is 7.71. The second kappa shape index (κ2) is 5.88. The van der Waals surface area contributed by atoms with Gasteiger partial charge in [-0.25, -0.2) is 0 Å². The number of nitrogens with one attached hydrogen (secondary N) is 1. The highest BCUT2D eigenvalue weighted by Crippen LogP contribution is 2.24. The molecule has 1 aliphatic rings. The highest BCUT2D eigenvalue weighted by molar-refractivity contribution is 7.12. The van der Waals surface area contributed by atoms with Gasteiger partial charge in [-0.05, 0) is 62.6 Å². The van der Waals surface area contributed by atoms with Crippen LogP contribution in [0.15, 0.2) is 30.3 Å². The van der Waals surface area contributed by atoms with Crippen LogP contribution in [0.5, 0.6) is 0 Å². The Balaban J connectivity index is 1.62. The molecule has 1 aliphatic heterocycles. The molecule has 106 valence electrons. The zero-order valence-electron chi connectivity index (χ0n) is 12.3. The van der Waals surface area contributed by atoms with E-state index in [9.17, 15) is 0 Å². The first-order valence-corrected chi connectivity index (χ1v) is 8.19. The molecule has 2 heterocycles. The lowest BCUT2D eigenvalue weighted by molar-refractivity contribution is 0.949. The minimum absolute atomic E-state index is 0.916. The van der Waals surface area contributed by atoms with Gasteiger partial charge in [-0.2, -0.15) is 0 Å². The quantitative estimate of drug-likeness (QED) is 0.885. The highest BCUT2D eigenvalue weighted by Gasteiger charge is 2.11. The molecule has 1 saturated heterocycles. The summed E-state index contributed by atoms with van der Waals surface area (Å²) in [5.74, 6) is 0. The van der Waals surface area contributed by atoms with Crippen molar-refractivity contribution in [3.8, 4) is 0 Å². The molecule has 0 amide bonds. The van der Waals surface area contributed by atoms with Crippen molar-refractivity contribution >= 4 is 22.7 Å². The van der Waals surface area contributed by atoms with Crippen LogP contribution in [0.2, 0.25) is 0 Å². The number of aryl methyl sites for hydroxylation is 2. The smallest absolute Gasteiger partial charge is 0.0411 e. The third kappa shape index (κ3) is 2.98. The number of thiophene rings is 1. The van der Waals surface area contributed by atoms with Gasteiger partial charge >= 0.3 is 0 Å². The second-order valence-corrected chi connectivity index (χ2v) is 6.99. The van der Waals surface area contributed by atoms with Gasteiger partial charge in [-0.3, -0.25) is 0 Å². The molecule has 1 N–H and O–H groups in total. The minimum atomic E-state index is 0.916. The summed E-state index contributed by atoms with van der Waals surface area (Å²) in [6, 6.07) is 11.1. The Morgan fingerprint density at radius 3 is 2.40 bits per heavy atom. The van der Waals surface area contributed by atoms with Crippen molar-refractivity contribution in [1.29, 1.82) is 0 Å². The standard InChI is InChI=1S/C17H22N2S/c1-13-11-15(14(2)20-13)12-18-16-5-7-17(8-6-16)19-9-3-4-10-19/h5-8,11,18H,3-4,9-10,12H2,1-2H3. The average Bonchev–Trinajstić information content (AvgIpc) is 3.07. The molecule has 0 saturated carbocycles. The Bertz CT molecular complexity index is 565. The van der Waals surface area contributed by atoms with E-state index in [1.54, 1.807) is 0 Å². The number of hydrogen-bond donors (Lipinski definition) is 1. The SMILES string of the molecule is Cc1cc(CNc2ccc(N3CCCC3)cc2)c(C)s1. The van der Waals surface area contributed by atoms with Crippen molar-refractivity contribution in [3.63, 3.8) is 0 Å². The van der Waals surface area contributed by atoms with Crippen LogP contribution in [0, 0.1) is 13.8 Å². The van der Waals surface area contributed by atoms with E-state index < -0.39 is 0 Å². The molecule has 2 nitrogen and oxygen atoms in total. The molecule has 0 aliphatic carbocycles. The minimum Gasteiger partial charge on any atom is -0.381 e. The molecule has 0 bridgehead atoms. The summed E-state index contributed by atoms with van der Waals surface area (Å²) in [6.07, 6.45) is 2.66. The van der Waals surface area contributed by atoms with E-state index in [0.717, 1.165) is 6.54 Å². The molecule has 20 heavy (non-hydrogen) atoms. The van der Waals surface area contributed by atoms with Crippen LogP contribution in [0.1, 0.15) is 28.2 Å². The van der Waals surface area contributed by atoms with Crippen molar-refractivity contribution in [2.45, 2.75) is 33.2 Å². The fourth-order valence-corrected chi connectivity index (χ4v) is 3.77. The molecule has 1 fully saturated rings. The first kappa shape index (κ1) is 13.5. The van der Waals surface area contributed by atoms with Crippen LogP contribution in [0.3, 0.4) is 0 Å². The maximum atomic E-state index is 3.52. The fraction of sp³-hybridized carbons (Fsp3) is 0.412. The van der Waals surface area contributed by atoms with E-state index in [1.165, 1.54) is 52.6 Å². The normalized spacial score (nSPS) is 14.8. The van der Waals surface area contributed by atoms with Crippen LogP contribution >= 0.6 is 11.3 Å². The maximum absolute atomic E-state index is 3.52. The maximum Gasteiger partial charge on any atom is 0.0411 e. The Morgan fingerprint density at radius 1 is 1.10 bits per heavy atom. The van der Waals surface area contributed by atoms with E-state index in [2.05, 4.69) is 54.4 Å². The average molecular weight is 286 g/mol. The van der Waals surface area contributed by atoms with Crippen molar-refractivity contribution in [2.24, 2.45) is 0 Å². The largest absolute Gasteiger partial charge is 0.381 e. The summed E-state index contributed by atoms with van der Waals surface area (Å²) in [7, 11) is 0. The van der Waals surface area contributed by atoms with Gasteiger partial charge in [0.05, 0.1) is 0 Å². The Kier molecular flexibility index (Phi) is 3.97. The summed E-state index contributed by atoms with van der Waals surface area (Å²) in [5, 5.41) is 3.52. The van der Waals surface area contributed by atoms with Crippen LogP contribution in [-0.2, 0) is 6.54 Å². The summed E-state index contributed by atoms with van der Waals surface area (Å²) in [4.78, 5) is 5.28. The molecule has 0 radical (unpaired) electrons. The molecule has 0 atom stereocenters. The molecule has 2 aromatic rings. The molecular formula is C17H22N2S. The zero-order chi connectivity index (χ0) is 13.9. The third-order valence-electron chi connectivity index (χ3n) is 3.97. The van der Waals surface area contributed by atoms with Crippen LogP contribution in [0.4, 0.5) is 11.4 Å². The molecule has 3 rings (SSSR count). The molecule has 0 spiro atoms. The van der Waals surface area contributed by atoms with Gasteiger partial charge in [0.1, 0.15) is 0 Å². The first-order chi connectivity index (χ1) is 9.72. The monoisotopic (exact) mass is 286 g/mol. The van der Waals surface area contributed by atoms with E-state index in [1.807, 2.05) is 11.3 Å². The second-order valence-electron chi connectivity index (χ2n) is 5.53. The van der Waals surface area contributed by atoms with Gasteiger partial charge in [0.25, 0.3) is 0 Å². The molecule has 0 unspecified atom stereocenters. The van der Waals surface area contributed by atoms with Gasteiger partial charge in [0, 0.05) is 40.8 Å². The van der Waals surface area contributed by atoms with Crippen LogP contribution in [0.25, 0.3) is 0 Å².